The molecule has 0 saturated heterocycles. The molecule has 0 saturated carbocycles. The summed E-state index contributed by atoms with van der Waals surface area (Å²) in [6.07, 6.45) is 44.9. The fourth-order valence-corrected chi connectivity index (χ4v) is 19.4. The molecule has 0 spiro atoms. The number of allylic oxidation sites excluding steroid dienone is 2. The molecule has 3 rings (SSSR count). The first kappa shape index (κ1) is 67.6. The summed E-state index contributed by atoms with van der Waals surface area (Å²) in [6, 6.07) is 25.2. The summed E-state index contributed by atoms with van der Waals surface area (Å²) >= 11 is 2.03. The van der Waals surface area contributed by atoms with Crippen molar-refractivity contribution in [2.75, 3.05) is 0 Å². The molecule has 2 aromatic rings. The molecule has 0 fully saturated rings. The van der Waals surface area contributed by atoms with Crippen LogP contribution in [0.1, 0.15) is 296 Å². The van der Waals surface area contributed by atoms with E-state index in [2.05, 4.69) is 119 Å². The van der Waals surface area contributed by atoms with Crippen molar-refractivity contribution in [1.29, 1.82) is 0 Å². The molecule has 0 radical (unpaired) electrons. The number of hydrogen-bond acceptors (Lipinski definition) is 0. The van der Waals surface area contributed by atoms with Gasteiger partial charge in [0.25, 0.3) is 0 Å². The normalized spacial score (nSPS) is 13.1. The minimum atomic E-state index is -1.35. The van der Waals surface area contributed by atoms with Crippen LogP contribution in [0.4, 0.5) is 0 Å². The predicted molar refractivity (Wildman–Crippen MR) is 332 cm³/mol. The molecular formula is C68H122N2NiSi2. The zero-order chi connectivity index (χ0) is 53.4. The van der Waals surface area contributed by atoms with Crippen LogP contribution < -0.4 is 0 Å². The second kappa shape index (κ2) is 42.5. The second-order valence-corrected chi connectivity index (χ2v) is 35.6. The molecule has 2 aromatic carbocycles. The zero-order valence-corrected chi connectivity index (χ0v) is 53.7. The van der Waals surface area contributed by atoms with E-state index in [9.17, 15) is 5.53 Å². The SMILES string of the molecule is CCCCC1=C(c2cc(CCCC)cc(C[Si](CC)(CC)CC)c2)[N+](=[N-])C(c2cc(CCCC)cc(C[Si](CC)(CC)CC)c2)=C1.CCCCCCCCCCCC[CH2][Ni][CH2]CCCCCCCCCCCC. The predicted octanol–water partition coefficient (Wildman–Crippen LogP) is 24.1. The van der Waals surface area contributed by atoms with Gasteiger partial charge in [0.2, 0.25) is 11.4 Å². The molecule has 73 heavy (non-hydrogen) atoms. The molecule has 1 heterocycles. The Morgan fingerprint density at radius 1 is 0.356 bits per heavy atom. The quantitative estimate of drug-likeness (QED) is 0.0359. The minimum absolute atomic E-state index is 0.970. The van der Waals surface area contributed by atoms with E-state index >= 15 is 0 Å². The van der Waals surface area contributed by atoms with Gasteiger partial charge in [0.15, 0.2) is 0 Å². The Kier molecular flexibility index (Phi) is 39.3. The van der Waals surface area contributed by atoms with Crippen LogP contribution in [0.15, 0.2) is 48.0 Å². The smallest absolute Gasteiger partial charge is 0.0654 e. The second-order valence-electron chi connectivity index (χ2n) is 23.1. The first-order chi connectivity index (χ1) is 35.6. The molecular weight excluding hydrogens is 960 g/mol. The number of hydrogen-bond donors (Lipinski definition) is 0. The van der Waals surface area contributed by atoms with E-state index < -0.39 is 16.1 Å². The van der Waals surface area contributed by atoms with Gasteiger partial charge in [-0.3, -0.25) is 0 Å². The molecule has 0 unspecified atom stereocenters. The molecule has 5 heteroatoms. The Bertz CT molecular complexity index is 1730. The Morgan fingerprint density at radius 2 is 0.671 bits per heavy atom. The van der Waals surface area contributed by atoms with E-state index in [-0.39, 0.29) is 0 Å². The van der Waals surface area contributed by atoms with Crippen molar-refractivity contribution in [1.82, 2.24) is 0 Å². The van der Waals surface area contributed by atoms with Gasteiger partial charge in [-0.2, -0.15) is 0 Å². The third-order valence-corrected chi connectivity index (χ3v) is 30.2. The van der Waals surface area contributed by atoms with E-state index in [1.54, 1.807) is 4.70 Å². The van der Waals surface area contributed by atoms with E-state index in [4.69, 9.17) is 0 Å². The summed E-state index contributed by atoms with van der Waals surface area (Å²) in [7, 11) is -2.70. The van der Waals surface area contributed by atoms with E-state index in [0.29, 0.717) is 0 Å². The van der Waals surface area contributed by atoms with Crippen LogP contribution in [0.2, 0.25) is 47.0 Å². The van der Waals surface area contributed by atoms with Crippen molar-refractivity contribution in [2.24, 2.45) is 0 Å². The molecule has 1 aliphatic rings. The van der Waals surface area contributed by atoms with Gasteiger partial charge in [0.1, 0.15) is 0 Å². The van der Waals surface area contributed by atoms with E-state index in [1.165, 1.54) is 265 Å². The average Bonchev–Trinajstić information content (AvgIpc) is 3.75. The number of benzene rings is 2. The number of aryl methyl sites for hydroxylation is 2. The van der Waals surface area contributed by atoms with Crippen molar-refractivity contribution in [3.8, 4) is 0 Å². The topological polar surface area (TPSA) is 25.3 Å². The first-order valence-electron chi connectivity index (χ1n) is 32.3. The fraction of sp³-hybridized carbons (Fsp3) is 0.765. The monoisotopic (exact) mass is 1080 g/mol. The van der Waals surface area contributed by atoms with Gasteiger partial charge < -0.3 is 5.53 Å². The van der Waals surface area contributed by atoms with E-state index in [1.807, 2.05) is 14.4 Å². The summed E-state index contributed by atoms with van der Waals surface area (Å²) < 4.78 is 1.59. The summed E-state index contributed by atoms with van der Waals surface area (Å²) in [5.41, 5.74) is 23.8. The molecule has 422 valence electrons. The number of unbranched alkanes of at least 4 members (excludes halogenated alkanes) is 23. The third kappa shape index (κ3) is 27.1. The third-order valence-electron chi connectivity index (χ3n) is 17.5. The van der Waals surface area contributed by atoms with Crippen LogP contribution in [0, 0.1) is 0 Å². The molecule has 2 nitrogen and oxygen atoms in total. The molecule has 0 amide bonds. The van der Waals surface area contributed by atoms with Crippen LogP contribution in [0.5, 0.6) is 0 Å². The van der Waals surface area contributed by atoms with Crippen LogP contribution in [-0.4, -0.2) is 20.8 Å². The van der Waals surface area contributed by atoms with Crippen LogP contribution >= 0.6 is 0 Å². The molecule has 0 aromatic heterocycles. The number of nitrogens with zero attached hydrogens (tertiary/aromatic N) is 2. The van der Waals surface area contributed by atoms with E-state index in [0.717, 1.165) is 43.5 Å². The summed E-state index contributed by atoms with van der Waals surface area (Å²) in [6.45, 7) is 26.0. The summed E-state index contributed by atoms with van der Waals surface area (Å²) in [5.74, 6) is 0. The van der Waals surface area contributed by atoms with Crippen LogP contribution in [0.3, 0.4) is 0 Å². The maximum atomic E-state index is 12.2. The van der Waals surface area contributed by atoms with Gasteiger partial charge in [0.05, 0.1) is 16.1 Å². The maximum absolute atomic E-state index is 12.2. The zero-order valence-electron chi connectivity index (χ0n) is 50.7. The van der Waals surface area contributed by atoms with Gasteiger partial charge in [0, 0.05) is 22.8 Å². The number of rotatable bonds is 45. The molecule has 0 bridgehead atoms. The van der Waals surface area contributed by atoms with Gasteiger partial charge in [-0.05, 0) is 97.1 Å². The molecule has 1 aliphatic heterocycles. The van der Waals surface area contributed by atoms with Crippen molar-refractivity contribution in [2.45, 2.75) is 334 Å². The first-order valence-corrected chi connectivity index (χ1v) is 39.3. The fourth-order valence-electron chi connectivity index (χ4n) is 11.5. The Balaban J connectivity index is 0.000000578. The molecule has 0 N–H and O–H groups in total. The molecule has 0 atom stereocenters. The van der Waals surface area contributed by atoms with Gasteiger partial charge in [-0.25, -0.2) is 4.70 Å². The Hall–Kier alpha value is -1.55. The van der Waals surface area contributed by atoms with Crippen molar-refractivity contribution < 1.29 is 19.1 Å². The Morgan fingerprint density at radius 3 is 1.04 bits per heavy atom. The van der Waals surface area contributed by atoms with Crippen molar-refractivity contribution in [3.05, 3.63) is 87.0 Å². The average molecular weight is 1080 g/mol. The van der Waals surface area contributed by atoms with Crippen LogP contribution in [0.25, 0.3) is 16.9 Å². The minimum Gasteiger partial charge on any atom is -0.0654 e. The van der Waals surface area contributed by atoms with Gasteiger partial charge in [-0.15, -0.1) is 0 Å². The van der Waals surface area contributed by atoms with Crippen molar-refractivity contribution >= 4 is 27.5 Å². The van der Waals surface area contributed by atoms with Crippen molar-refractivity contribution in [3.63, 3.8) is 0 Å². The summed E-state index contributed by atoms with van der Waals surface area (Å²) in [5, 5.41) is 2.86. The summed E-state index contributed by atoms with van der Waals surface area (Å²) in [4.78, 5) is 0. The molecule has 0 aliphatic carbocycles. The Labute approximate surface area is 465 Å². The van der Waals surface area contributed by atoms with Crippen LogP contribution in [-0.2, 0) is 39.4 Å². The van der Waals surface area contributed by atoms with Gasteiger partial charge >= 0.3 is 166 Å². The van der Waals surface area contributed by atoms with Gasteiger partial charge in [-0.1, -0.05) is 144 Å². The standard InChI is InChI=1S/C42H68N2Si2.2C13H27.Ni/c1-10-19-22-34-25-36(32-45(13-4,14-5)15-6)29-39(27-34)41-31-38(24-21-12-3)42(44(41)43)40-28-35(23-20-11-2)26-37(30-40)33-46(16-7,17-8)18-9;2*1-3-5-7-9-11-13-12-10-8-6-4-2;/h25-31H,10-24,32-33H2,1-9H3;2*1,3-13H2,2H3;.